The summed E-state index contributed by atoms with van der Waals surface area (Å²) in [5.74, 6) is 0.434. The lowest BCUT2D eigenvalue weighted by molar-refractivity contribution is -0.105. The molecule has 0 aliphatic rings. The summed E-state index contributed by atoms with van der Waals surface area (Å²) < 4.78 is 6.01. The summed E-state index contributed by atoms with van der Waals surface area (Å²) in [6, 6.07) is 5.90. The van der Waals surface area contributed by atoms with Crippen LogP contribution in [-0.4, -0.2) is 27.0 Å². The van der Waals surface area contributed by atoms with Crippen LogP contribution in [0.3, 0.4) is 0 Å². The van der Waals surface area contributed by atoms with Crippen molar-refractivity contribution in [1.29, 1.82) is 0 Å². The Bertz CT molecular complexity index is 899. The summed E-state index contributed by atoms with van der Waals surface area (Å²) in [6.45, 7) is 7.88. The first kappa shape index (κ1) is 16.3. The molecule has 0 radical (unpaired) electrons. The molecule has 0 saturated heterocycles. The van der Waals surface area contributed by atoms with Crippen LogP contribution >= 0.6 is 11.3 Å². The van der Waals surface area contributed by atoms with Gasteiger partial charge in [-0.3, -0.25) is 4.79 Å². The lowest BCUT2D eigenvalue weighted by atomic mass is 10.2. The number of nitrogens with zero attached hydrogens (tertiary/aromatic N) is 3. The third-order valence-corrected chi connectivity index (χ3v) is 3.89. The summed E-state index contributed by atoms with van der Waals surface area (Å²) in [6.07, 6.45) is 0.601. The number of nitrogens with one attached hydrogen (secondary N) is 1. The molecule has 0 spiro atoms. The number of hydrogen-bond donors (Lipinski definition) is 1. The largest absolute Gasteiger partial charge is 0.470 e. The number of carbonyl (C=O) groups excluding carboxylic acids is 1. The molecule has 0 saturated carbocycles. The molecule has 2 heterocycles. The molecular formula is C17H18N4O2S. The maximum absolute atomic E-state index is 10.6. The first-order valence-electron chi connectivity index (χ1n) is 7.49. The molecule has 124 valence electrons. The molecule has 24 heavy (non-hydrogen) atoms. The van der Waals surface area contributed by atoms with Crippen molar-refractivity contribution in [2.75, 3.05) is 5.32 Å². The molecule has 0 aliphatic carbocycles. The number of carbonyl (C=O) groups is 1. The van der Waals surface area contributed by atoms with E-state index in [1.807, 2.05) is 51.3 Å². The van der Waals surface area contributed by atoms with E-state index in [4.69, 9.17) is 4.74 Å². The molecule has 0 aliphatic heterocycles. The average molecular weight is 342 g/mol. The fourth-order valence-electron chi connectivity index (χ4n) is 2.18. The van der Waals surface area contributed by atoms with Crippen LogP contribution in [0.1, 0.15) is 26.3 Å². The van der Waals surface area contributed by atoms with Crippen molar-refractivity contribution in [1.82, 2.24) is 15.0 Å². The minimum absolute atomic E-state index is 0.416. The van der Waals surface area contributed by atoms with E-state index in [0.29, 0.717) is 28.8 Å². The molecule has 2 aromatic heterocycles. The second-order valence-corrected chi connectivity index (χ2v) is 7.24. The first-order valence-corrected chi connectivity index (χ1v) is 8.37. The normalized spacial score (nSPS) is 11.5. The lowest BCUT2D eigenvalue weighted by Gasteiger charge is -2.21. The number of anilines is 1. The third kappa shape index (κ3) is 3.51. The van der Waals surface area contributed by atoms with E-state index in [9.17, 15) is 4.79 Å². The average Bonchev–Trinajstić information content (AvgIpc) is 2.93. The number of thiazole rings is 1. The maximum atomic E-state index is 10.6. The molecule has 1 aromatic carbocycles. The van der Waals surface area contributed by atoms with Gasteiger partial charge < -0.3 is 10.1 Å². The van der Waals surface area contributed by atoms with Gasteiger partial charge in [0.05, 0.1) is 11.0 Å². The van der Waals surface area contributed by atoms with E-state index in [1.165, 1.54) is 11.3 Å². The molecule has 7 heteroatoms. The lowest BCUT2D eigenvalue weighted by Crippen LogP contribution is -2.24. The molecule has 6 nitrogen and oxygen atoms in total. The zero-order chi connectivity index (χ0) is 17.3. The van der Waals surface area contributed by atoms with Crippen LogP contribution in [0.15, 0.2) is 23.6 Å². The topological polar surface area (TPSA) is 77.0 Å². The molecule has 1 N–H and O–H groups in total. The van der Waals surface area contributed by atoms with Gasteiger partial charge in [0, 0.05) is 5.38 Å². The molecule has 0 fully saturated rings. The number of amides is 1. The predicted molar refractivity (Wildman–Crippen MR) is 95.5 cm³/mol. The third-order valence-electron chi connectivity index (χ3n) is 3.12. The Morgan fingerprint density at radius 2 is 1.96 bits per heavy atom. The Kier molecular flexibility index (Phi) is 4.19. The molecule has 3 aromatic rings. The van der Waals surface area contributed by atoms with E-state index in [-0.39, 0.29) is 0 Å². The fourth-order valence-corrected chi connectivity index (χ4v) is 2.83. The summed E-state index contributed by atoms with van der Waals surface area (Å²) in [5, 5.41) is 4.88. The van der Waals surface area contributed by atoms with E-state index < -0.39 is 5.60 Å². The molecule has 0 bridgehead atoms. The van der Waals surface area contributed by atoms with Crippen molar-refractivity contribution in [3.05, 3.63) is 29.1 Å². The fraction of sp³-hybridized carbons (Fsp3) is 0.294. The van der Waals surface area contributed by atoms with Gasteiger partial charge in [0.25, 0.3) is 0 Å². The summed E-state index contributed by atoms with van der Waals surface area (Å²) in [7, 11) is 0. The van der Waals surface area contributed by atoms with Crippen LogP contribution in [0.25, 0.3) is 22.4 Å². The molecule has 3 rings (SSSR count). The Hall–Kier alpha value is -2.54. The van der Waals surface area contributed by atoms with Crippen LogP contribution in [-0.2, 0) is 4.79 Å². The number of rotatable bonds is 4. The summed E-state index contributed by atoms with van der Waals surface area (Å²) in [5.41, 5.74) is 3.43. The number of ether oxygens (including phenoxy) is 1. The summed E-state index contributed by atoms with van der Waals surface area (Å²) in [4.78, 5) is 24.3. The second-order valence-electron chi connectivity index (χ2n) is 6.38. The molecule has 1 amide bonds. The van der Waals surface area contributed by atoms with Gasteiger partial charge in [-0.25, -0.2) is 15.0 Å². The highest BCUT2D eigenvalue weighted by molar-refractivity contribution is 7.14. The number of benzene rings is 1. The van der Waals surface area contributed by atoms with Crippen molar-refractivity contribution < 1.29 is 9.53 Å². The number of aryl methyl sites for hydroxylation is 1. The Morgan fingerprint density at radius 3 is 2.67 bits per heavy atom. The number of aromatic nitrogens is 3. The van der Waals surface area contributed by atoms with Gasteiger partial charge in [-0.05, 0) is 45.4 Å². The first-order chi connectivity index (χ1) is 11.4. The van der Waals surface area contributed by atoms with Crippen molar-refractivity contribution in [3.8, 4) is 17.3 Å². The van der Waals surface area contributed by atoms with E-state index >= 15 is 0 Å². The second kappa shape index (κ2) is 6.16. The van der Waals surface area contributed by atoms with Gasteiger partial charge in [-0.2, -0.15) is 0 Å². The Labute approximate surface area is 143 Å². The molecule has 0 atom stereocenters. The van der Waals surface area contributed by atoms with Crippen molar-refractivity contribution >= 4 is 33.9 Å². The molecule has 0 unspecified atom stereocenters. The van der Waals surface area contributed by atoms with E-state index in [1.54, 1.807) is 0 Å². The van der Waals surface area contributed by atoms with Gasteiger partial charge in [0.2, 0.25) is 12.3 Å². The predicted octanol–water partition coefficient (Wildman–Crippen LogP) is 3.81. The smallest absolute Gasteiger partial charge is 0.243 e. The van der Waals surface area contributed by atoms with Crippen LogP contribution in [0.4, 0.5) is 5.13 Å². The highest BCUT2D eigenvalue weighted by atomic mass is 32.1. The van der Waals surface area contributed by atoms with Crippen molar-refractivity contribution in [3.63, 3.8) is 0 Å². The van der Waals surface area contributed by atoms with Gasteiger partial charge in [-0.1, -0.05) is 6.07 Å². The van der Waals surface area contributed by atoms with E-state index in [0.717, 1.165) is 16.6 Å². The highest BCUT2D eigenvalue weighted by Crippen LogP contribution is 2.33. The zero-order valence-corrected chi connectivity index (χ0v) is 14.8. The van der Waals surface area contributed by atoms with Crippen LogP contribution in [0.2, 0.25) is 0 Å². The van der Waals surface area contributed by atoms with Crippen LogP contribution < -0.4 is 10.1 Å². The Morgan fingerprint density at radius 1 is 1.17 bits per heavy atom. The zero-order valence-electron chi connectivity index (χ0n) is 14.0. The number of fused-ring (bicyclic) bond motifs is 1. The number of hydrogen-bond acceptors (Lipinski definition) is 6. The van der Waals surface area contributed by atoms with Crippen LogP contribution in [0, 0.1) is 6.92 Å². The van der Waals surface area contributed by atoms with Gasteiger partial charge in [-0.15, -0.1) is 11.3 Å². The quantitative estimate of drug-likeness (QED) is 0.730. The van der Waals surface area contributed by atoms with E-state index in [2.05, 4.69) is 20.3 Å². The van der Waals surface area contributed by atoms with Gasteiger partial charge in [0.1, 0.15) is 11.3 Å². The minimum atomic E-state index is -0.416. The standard InChI is InChI=1S/C17H18N4O2S/c1-10-5-6-11-12(7-10)20-15(23-17(2,3)4)14(19-11)13-8-24-16(21-13)18-9-22/h5-9H,1-4H3,(H,18,21,22). The van der Waals surface area contributed by atoms with Crippen LogP contribution in [0.5, 0.6) is 5.88 Å². The summed E-state index contributed by atoms with van der Waals surface area (Å²) >= 11 is 1.33. The van der Waals surface area contributed by atoms with Gasteiger partial charge >= 0.3 is 0 Å². The maximum Gasteiger partial charge on any atom is 0.243 e. The van der Waals surface area contributed by atoms with Crippen molar-refractivity contribution in [2.45, 2.75) is 33.3 Å². The van der Waals surface area contributed by atoms with Gasteiger partial charge in [0.15, 0.2) is 10.8 Å². The monoisotopic (exact) mass is 342 g/mol. The molecular weight excluding hydrogens is 324 g/mol. The minimum Gasteiger partial charge on any atom is -0.470 e. The Balaban J connectivity index is 2.16. The highest BCUT2D eigenvalue weighted by Gasteiger charge is 2.21. The SMILES string of the molecule is Cc1ccc2nc(-c3csc(NC=O)n3)c(OC(C)(C)C)nc2c1. The van der Waals surface area contributed by atoms with Crippen molar-refractivity contribution in [2.24, 2.45) is 0 Å².